The number of carbonyl (C=O) groups is 4. The van der Waals surface area contributed by atoms with E-state index in [1.165, 1.54) is 27.1 Å². The summed E-state index contributed by atoms with van der Waals surface area (Å²) in [6.45, 7) is 3.62. The van der Waals surface area contributed by atoms with Crippen LogP contribution in [0.2, 0.25) is 0 Å². The van der Waals surface area contributed by atoms with Crippen LogP contribution in [-0.2, 0) is 23.7 Å². The third-order valence-corrected chi connectivity index (χ3v) is 11.5. The fourth-order valence-electron chi connectivity index (χ4n) is 8.41. The largest absolute Gasteiger partial charge is 0.507 e. The van der Waals surface area contributed by atoms with Crippen molar-refractivity contribution in [2.45, 2.75) is 94.3 Å². The molecule has 21 nitrogen and oxygen atoms in total. The molecule has 328 valence electrons. The Balaban J connectivity index is 1.39. The van der Waals surface area contributed by atoms with E-state index in [1.807, 2.05) is 0 Å². The molecule has 0 radical (unpaired) electrons. The fourth-order valence-corrected chi connectivity index (χ4v) is 8.41. The number of aliphatic carboxylic acids is 1. The SMILES string of the molecule is CN[C@@H]1[C@H](O[C@@H]2OC[C@@H](O)[C@H](O)[C@H]2O)[C@@H](O)[C@H](O[C@H]2c3cc(C)c(C(=O)NC(C)C(=O)O)c(O)c3-c3c(O)c4c(c(O)c3[C@@H]2O)C(=O)c2c(O)cc(OC)cc2C4=O)O[C@@H]1C. The summed E-state index contributed by atoms with van der Waals surface area (Å²) in [5.41, 5.74) is -5.28. The molecule has 12 N–H and O–H groups in total. The Morgan fingerprint density at radius 2 is 1.51 bits per heavy atom. The molecule has 2 fully saturated rings. The van der Waals surface area contributed by atoms with Gasteiger partial charge in [-0.1, -0.05) is 6.07 Å². The monoisotopic (exact) mass is 856 g/mol. The first-order chi connectivity index (χ1) is 28.7. The number of benzene rings is 3. The topological polar surface area (TPSA) is 341 Å². The molecule has 1 unspecified atom stereocenters. The van der Waals surface area contributed by atoms with Gasteiger partial charge in [0.1, 0.15) is 77.5 Å². The maximum absolute atomic E-state index is 14.1. The fraction of sp³-hybridized carbons (Fsp3) is 0.450. The van der Waals surface area contributed by atoms with Gasteiger partial charge in [-0.25, -0.2) is 0 Å². The van der Waals surface area contributed by atoms with E-state index in [1.54, 1.807) is 6.92 Å². The van der Waals surface area contributed by atoms with Crippen molar-refractivity contribution in [3.8, 4) is 39.9 Å². The number of hydrogen-bond donors (Lipinski definition) is 12. The van der Waals surface area contributed by atoms with Crippen LogP contribution in [0, 0.1) is 6.92 Å². The minimum atomic E-state index is -2.15. The molecule has 0 saturated carbocycles. The van der Waals surface area contributed by atoms with Crippen LogP contribution in [0.25, 0.3) is 11.1 Å². The smallest absolute Gasteiger partial charge is 0.325 e. The van der Waals surface area contributed by atoms with Crippen LogP contribution >= 0.6 is 0 Å². The second-order valence-corrected chi connectivity index (χ2v) is 15.2. The summed E-state index contributed by atoms with van der Waals surface area (Å²) in [6.07, 6.45) is -16.3. The first-order valence-electron chi connectivity index (χ1n) is 18.9. The molecule has 61 heavy (non-hydrogen) atoms. The number of amides is 1. The van der Waals surface area contributed by atoms with Gasteiger partial charge >= 0.3 is 5.97 Å². The van der Waals surface area contributed by atoms with Crippen molar-refractivity contribution in [1.82, 2.24) is 10.6 Å². The van der Waals surface area contributed by atoms with Gasteiger partial charge in [0.05, 0.1) is 48.1 Å². The zero-order valence-corrected chi connectivity index (χ0v) is 33.0. The molecule has 12 atom stereocenters. The quantitative estimate of drug-likeness (QED) is 0.0907. The molecular weight excluding hydrogens is 812 g/mol. The number of carboxylic acid groups (broad SMARTS) is 1. The van der Waals surface area contributed by atoms with E-state index in [4.69, 9.17) is 23.7 Å². The number of aromatic hydroxyl groups is 4. The molecule has 3 aromatic rings. The van der Waals surface area contributed by atoms with E-state index in [-0.39, 0.29) is 16.9 Å². The minimum Gasteiger partial charge on any atom is -0.507 e. The lowest BCUT2D eigenvalue weighted by atomic mass is 9.73. The number of rotatable bonds is 9. The highest BCUT2D eigenvalue weighted by atomic mass is 16.7. The molecule has 4 aliphatic rings. The summed E-state index contributed by atoms with van der Waals surface area (Å²) >= 11 is 0. The summed E-state index contributed by atoms with van der Waals surface area (Å²) < 4.78 is 28.8. The zero-order valence-electron chi connectivity index (χ0n) is 33.0. The first kappa shape index (κ1) is 43.6. The number of fused-ring (bicyclic) bond motifs is 5. The molecule has 21 heteroatoms. The maximum Gasteiger partial charge on any atom is 0.325 e. The van der Waals surface area contributed by atoms with Gasteiger partial charge in [-0.3, -0.25) is 19.2 Å². The molecule has 2 aliphatic carbocycles. The number of aryl methyl sites for hydroxylation is 1. The van der Waals surface area contributed by atoms with Crippen molar-refractivity contribution < 1.29 is 93.9 Å². The van der Waals surface area contributed by atoms with Gasteiger partial charge in [-0.2, -0.15) is 0 Å². The molecule has 0 spiro atoms. The Hall–Kier alpha value is -5.46. The summed E-state index contributed by atoms with van der Waals surface area (Å²) in [7, 11) is 2.74. The highest BCUT2D eigenvalue weighted by Gasteiger charge is 2.52. The minimum absolute atomic E-state index is 0.0286. The standard InChI is InChI=1S/C40H44N2O19/c1-10-6-15-20(28(47)18(10)37(54)42-11(2)38(55)56)21-22(31(50)24-23(30(21)49)26(45)14-7-13(57-5)8-16(43)19(14)29(24)48)32(51)35(15)60-40-34(53)36(25(41-4)12(3)59-40)61-39-33(52)27(46)17(44)9-58-39/h6-8,11-12,17,25,27,32-36,39-41,43-44,46-47,49-53H,9H2,1-5H3,(H,42,54)(H,55,56)/t11?,12-,17-,25+,27+,32+,33-,34-,35+,36+,39+,40+/m1/s1. The second kappa shape index (κ2) is 16.1. The third kappa shape index (κ3) is 6.92. The van der Waals surface area contributed by atoms with Gasteiger partial charge in [-0.05, 0) is 45.0 Å². The highest BCUT2D eigenvalue weighted by Crippen LogP contribution is 2.60. The van der Waals surface area contributed by atoms with E-state index >= 15 is 0 Å². The van der Waals surface area contributed by atoms with Crippen LogP contribution in [0.15, 0.2) is 18.2 Å². The average molecular weight is 857 g/mol. The Labute approximate surface area is 345 Å². The van der Waals surface area contributed by atoms with E-state index in [0.29, 0.717) is 0 Å². The number of phenolic OH excluding ortho intramolecular Hbond substituents is 4. The van der Waals surface area contributed by atoms with Gasteiger partial charge < -0.3 is 85.4 Å². The number of likely N-dealkylation sites (N-methyl/N-ethyl adjacent to an activating group) is 1. The number of carboxylic acids is 1. The van der Waals surface area contributed by atoms with E-state index in [2.05, 4.69) is 10.6 Å². The molecule has 0 bridgehead atoms. The summed E-state index contributed by atoms with van der Waals surface area (Å²) in [4.78, 5) is 53.4. The Morgan fingerprint density at radius 1 is 0.836 bits per heavy atom. The Kier molecular flexibility index (Phi) is 11.5. The number of carbonyl (C=O) groups excluding carboxylic acids is 3. The summed E-state index contributed by atoms with van der Waals surface area (Å²) in [6, 6.07) is 1.07. The van der Waals surface area contributed by atoms with E-state index in [9.17, 15) is 70.2 Å². The average Bonchev–Trinajstić information content (AvgIpc) is 3.20. The third-order valence-electron chi connectivity index (χ3n) is 11.5. The first-order valence-corrected chi connectivity index (χ1v) is 18.9. The predicted molar refractivity (Wildman–Crippen MR) is 202 cm³/mol. The lowest BCUT2D eigenvalue weighted by molar-refractivity contribution is -0.339. The normalized spacial score (nSPS) is 29.8. The number of aliphatic hydroxyl groups is 5. The van der Waals surface area contributed by atoms with Crippen molar-refractivity contribution in [2.24, 2.45) is 0 Å². The van der Waals surface area contributed by atoms with Gasteiger partial charge in [0, 0.05) is 28.3 Å². The van der Waals surface area contributed by atoms with Crippen molar-refractivity contribution in [3.63, 3.8) is 0 Å². The van der Waals surface area contributed by atoms with E-state index < -0.39 is 171 Å². The number of aliphatic hydroxyl groups excluding tert-OH is 5. The van der Waals surface area contributed by atoms with Gasteiger partial charge in [0.15, 0.2) is 18.4 Å². The maximum atomic E-state index is 14.1. The van der Waals surface area contributed by atoms with Crippen LogP contribution in [-0.4, -0.2) is 157 Å². The number of phenols is 4. The number of hydrogen-bond acceptors (Lipinski definition) is 19. The zero-order chi connectivity index (χ0) is 44.7. The molecule has 2 aliphatic heterocycles. The van der Waals surface area contributed by atoms with Crippen LogP contribution in [0.3, 0.4) is 0 Å². The number of nitrogens with one attached hydrogen (secondary N) is 2. The van der Waals surface area contributed by atoms with Crippen molar-refractivity contribution in [1.29, 1.82) is 0 Å². The van der Waals surface area contributed by atoms with E-state index in [0.717, 1.165) is 19.1 Å². The molecule has 3 aromatic carbocycles. The van der Waals surface area contributed by atoms with Crippen LogP contribution < -0.4 is 15.4 Å². The van der Waals surface area contributed by atoms with Crippen LogP contribution in [0.4, 0.5) is 0 Å². The Morgan fingerprint density at radius 3 is 2.15 bits per heavy atom. The molecule has 7 rings (SSSR count). The molecule has 2 heterocycles. The van der Waals surface area contributed by atoms with Gasteiger partial charge in [-0.15, -0.1) is 0 Å². The van der Waals surface area contributed by atoms with Crippen LogP contribution in [0.5, 0.6) is 28.7 Å². The molecule has 1 amide bonds. The molecule has 2 saturated heterocycles. The highest BCUT2D eigenvalue weighted by molar-refractivity contribution is 6.32. The lowest BCUT2D eigenvalue weighted by Crippen LogP contribution is -2.65. The summed E-state index contributed by atoms with van der Waals surface area (Å²) in [5, 5.41) is 116. The van der Waals surface area contributed by atoms with Crippen molar-refractivity contribution in [2.75, 3.05) is 20.8 Å². The summed E-state index contributed by atoms with van der Waals surface area (Å²) in [5.74, 6) is -8.64. The number of methoxy groups -OCH3 is 1. The van der Waals surface area contributed by atoms with Crippen LogP contribution in [0.1, 0.15) is 84.9 Å². The lowest BCUT2D eigenvalue weighted by Gasteiger charge is -2.47. The second-order valence-electron chi connectivity index (χ2n) is 15.2. The number of ether oxygens (including phenoxy) is 5. The number of ketones is 2. The van der Waals surface area contributed by atoms with Crippen molar-refractivity contribution >= 4 is 23.4 Å². The van der Waals surface area contributed by atoms with Crippen molar-refractivity contribution in [3.05, 3.63) is 62.7 Å². The van der Waals surface area contributed by atoms with Gasteiger partial charge in [0.2, 0.25) is 5.78 Å². The molecular formula is C40H44N2O19. The predicted octanol–water partition coefficient (Wildman–Crippen LogP) is -0.906. The van der Waals surface area contributed by atoms with Gasteiger partial charge in [0.25, 0.3) is 5.91 Å². The molecule has 0 aromatic heterocycles. The Bertz CT molecular complexity index is 2330.